The molecule has 0 saturated carbocycles. The molecule has 0 spiro atoms. The molecule has 9 unspecified atom stereocenters. The molecule has 14 rings (SSSR count). The van der Waals surface area contributed by atoms with E-state index in [0.717, 1.165) is 30.5 Å². The van der Waals surface area contributed by atoms with Gasteiger partial charge in [-0.2, -0.15) is 0 Å². The van der Waals surface area contributed by atoms with Gasteiger partial charge in [-0.15, -0.1) is 0 Å². The van der Waals surface area contributed by atoms with E-state index < -0.39 is 0 Å². The molecule has 0 bridgehead atoms. The predicted molar refractivity (Wildman–Crippen MR) is 286 cm³/mol. The Kier molecular flexibility index (Phi) is 9.67. The van der Waals surface area contributed by atoms with E-state index in [1.165, 1.54) is 61.8 Å². The van der Waals surface area contributed by atoms with E-state index in [2.05, 4.69) is 251 Å². The summed E-state index contributed by atoms with van der Waals surface area (Å²) in [5.74, 6) is 1.32. The Hall–Kier alpha value is -7.69. The summed E-state index contributed by atoms with van der Waals surface area (Å²) in [4.78, 5) is 13.4. The minimum atomic E-state index is 0.00529. The predicted octanol–water partition coefficient (Wildman–Crippen LogP) is 14.9. The fourth-order valence-corrected chi connectivity index (χ4v) is 13.2. The molecule has 6 aromatic carbocycles. The van der Waals surface area contributed by atoms with Crippen LogP contribution < -0.4 is 14.7 Å². The molecule has 6 aromatic rings. The molecule has 1 saturated heterocycles. The second kappa shape index (κ2) is 16.5. The summed E-state index contributed by atoms with van der Waals surface area (Å²) in [5, 5.41) is 0. The standard InChI is InChI=1S/C65H54N4/c1-4-18-43(19-5-1)58-40-48(41-59(66-58)44-20-6-2-7-21-44)47-36-50(68-60-28-14-10-24-52(60)53-25-11-15-29-61(53)68)42-51(37-47)69-63-31-17-13-27-55(63)57-39-46(33-35-65(57)69)45-32-34-64-56(38-45)54-26-12-16-30-62(54)67(64)49-22-8-3-9-23-49/h1-31,33,35-40,42,45,52,54,57,59-60,62,64-65H,32,34,41H2. The summed E-state index contributed by atoms with van der Waals surface area (Å²) >= 11 is 0. The molecule has 69 heavy (non-hydrogen) atoms. The average Bonchev–Trinajstić information content (AvgIpc) is 4.07. The second-order valence-corrected chi connectivity index (χ2v) is 20.0. The number of nitrogens with zero attached hydrogens (tertiary/aromatic N) is 4. The first-order valence-corrected chi connectivity index (χ1v) is 25.2. The first kappa shape index (κ1) is 40.4. The maximum Gasteiger partial charge on any atom is 0.0796 e. The van der Waals surface area contributed by atoms with Crippen molar-refractivity contribution < 1.29 is 0 Å². The summed E-state index contributed by atoms with van der Waals surface area (Å²) < 4.78 is 0. The van der Waals surface area contributed by atoms with Gasteiger partial charge in [0.05, 0.1) is 35.9 Å². The lowest BCUT2D eigenvalue weighted by molar-refractivity contribution is 0.535. The van der Waals surface area contributed by atoms with Crippen LogP contribution in [-0.2, 0) is 0 Å². The molecule has 334 valence electrons. The smallest absolute Gasteiger partial charge is 0.0796 e. The summed E-state index contributed by atoms with van der Waals surface area (Å²) in [6, 6.07) is 59.5. The maximum absolute atomic E-state index is 5.44. The Morgan fingerprint density at radius 1 is 0.478 bits per heavy atom. The van der Waals surface area contributed by atoms with Crippen molar-refractivity contribution in [1.82, 2.24) is 0 Å². The molecular formula is C65H54N4. The zero-order valence-electron chi connectivity index (χ0n) is 38.6. The lowest BCUT2D eigenvalue weighted by Gasteiger charge is -2.36. The van der Waals surface area contributed by atoms with E-state index >= 15 is 0 Å². The number of hydrogen-bond donors (Lipinski definition) is 0. The Labute approximate surface area is 406 Å². The van der Waals surface area contributed by atoms with Gasteiger partial charge in [0.2, 0.25) is 0 Å². The van der Waals surface area contributed by atoms with Crippen molar-refractivity contribution in [1.29, 1.82) is 0 Å². The molecule has 0 radical (unpaired) electrons. The minimum Gasteiger partial charge on any atom is -0.357 e. The SMILES string of the molecule is C1=CC2C3=CC(C4=CC5c6ccccc6N(c6cc(C7=CC(c8ccccc8)=NC(c8ccccc8)C7)cc(N7c8ccccc8C8C=CC=CC87)c6)C5C=C4)CCC3N(c3ccccc3)C2C=C1. The molecule has 1 fully saturated rings. The van der Waals surface area contributed by atoms with Crippen LogP contribution in [0.5, 0.6) is 0 Å². The van der Waals surface area contributed by atoms with Crippen LogP contribution in [-0.4, -0.2) is 29.9 Å². The molecule has 0 amide bonds. The highest BCUT2D eigenvalue weighted by atomic mass is 15.2. The average molecular weight is 891 g/mol. The number of anilines is 5. The minimum absolute atomic E-state index is 0.00529. The van der Waals surface area contributed by atoms with Gasteiger partial charge in [0.15, 0.2) is 0 Å². The highest BCUT2D eigenvalue weighted by Crippen LogP contribution is 2.54. The zero-order valence-corrected chi connectivity index (χ0v) is 38.6. The van der Waals surface area contributed by atoms with Crippen LogP contribution in [0.1, 0.15) is 65.0 Å². The van der Waals surface area contributed by atoms with Crippen LogP contribution in [0, 0.1) is 11.8 Å². The van der Waals surface area contributed by atoms with Crippen molar-refractivity contribution >= 4 is 39.7 Å². The van der Waals surface area contributed by atoms with E-state index in [1.54, 1.807) is 5.57 Å². The fourth-order valence-electron chi connectivity index (χ4n) is 13.2. The van der Waals surface area contributed by atoms with Crippen LogP contribution in [0.15, 0.2) is 253 Å². The quantitative estimate of drug-likeness (QED) is 0.149. The third kappa shape index (κ3) is 6.75. The summed E-state index contributed by atoms with van der Waals surface area (Å²) in [6.45, 7) is 0. The van der Waals surface area contributed by atoms with Crippen LogP contribution in [0.4, 0.5) is 28.4 Å². The van der Waals surface area contributed by atoms with Gasteiger partial charge in [-0.3, -0.25) is 4.99 Å². The number of para-hydroxylation sites is 3. The van der Waals surface area contributed by atoms with E-state index in [0.29, 0.717) is 29.8 Å². The van der Waals surface area contributed by atoms with Crippen molar-refractivity contribution in [2.75, 3.05) is 14.7 Å². The Morgan fingerprint density at radius 2 is 1.09 bits per heavy atom. The second-order valence-electron chi connectivity index (χ2n) is 20.0. The topological polar surface area (TPSA) is 22.1 Å². The highest BCUT2D eigenvalue weighted by molar-refractivity contribution is 6.13. The van der Waals surface area contributed by atoms with Crippen molar-refractivity contribution in [3.63, 3.8) is 0 Å². The van der Waals surface area contributed by atoms with Gasteiger partial charge in [-0.1, -0.05) is 188 Å². The van der Waals surface area contributed by atoms with Gasteiger partial charge in [-0.05, 0) is 112 Å². The van der Waals surface area contributed by atoms with Gasteiger partial charge in [0.1, 0.15) is 0 Å². The number of dihydropyridines is 1. The van der Waals surface area contributed by atoms with E-state index in [1.807, 2.05) is 0 Å². The molecule has 4 heteroatoms. The lowest BCUT2D eigenvalue weighted by atomic mass is 9.76. The summed E-state index contributed by atoms with van der Waals surface area (Å²) in [7, 11) is 0. The largest absolute Gasteiger partial charge is 0.357 e. The number of fused-ring (bicyclic) bond motifs is 9. The fraction of sp³-hybridized carbons (Fsp3) is 0.185. The van der Waals surface area contributed by atoms with Crippen LogP contribution in [0.2, 0.25) is 0 Å². The van der Waals surface area contributed by atoms with E-state index in [-0.39, 0.29) is 24.0 Å². The Bertz CT molecular complexity index is 3280. The van der Waals surface area contributed by atoms with E-state index in [4.69, 9.17) is 4.99 Å². The first-order valence-electron chi connectivity index (χ1n) is 25.2. The molecule has 9 atom stereocenters. The van der Waals surface area contributed by atoms with Gasteiger partial charge >= 0.3 is 0 Å². The van der Waals surface area contributed by atoms with Crippen molar-refractivity contribution in [2.45, 2.75) is 61.3 Å². The van der Waals surface area contributed by atoms with Crippen molar-refractivity contribution in [3.8, 4) is 0 Å². The summed E-state index contributed by atoms with van der Waals surface area (Å²) in [5.41, 5.74) is 18.2. The number of benzene rings is 6. The highest BCUT2D eigenvalue weighted by Gasteiger charge is 2.46. The van der Waals surface area contributed by atoms with Gasteiger partial charge in [-0.25, -0.2) is 0 Å². The van der Waals surface area contributed by atoms with Gasteiger partial charge < -0.3 is 14.7 Å². The molecule has 0 N–H and O–H groups in total. The number of aliphatic imine (C=N–C) groups is 1. The zero-order chi connectivity index (χ0) is 45.4. The maximum atomic E-state index is 5.44. The molecule has 0 aromatic heterocycles. The summed E-state index contributed by atoms with van der Waals surface area (Å²) in [6.07, 6.45) is 34.4. The number of rotatable bonds is 7. The molecular weight excluding hydrogens is 837 g/mol. The van der Waals surface area contributed by atoms with Crippen LogP contribution in [0.3, 0.4) is 0 Å². The Morgan fingerprint density at radius 3 is 1.83 bits per heavy atom. The van der Waals surface area contributed by atoms with E-state index in [9.17, 15) is 0 Å². The third-order valence-corrected chi connectivity index (χ3v) is 16.3. The molecule has 4 aliphatic heterocycles. The normalized spacial score (nSPS) is 27.7. The molecule has 8 aliphatic rings. The number of allylic oxidation sites excluding steroid dienone is 8. The monoisotopic (exact) mass is 890 g/mol. The van der Waals surface area contributed by atoms with Gasteiger partial charge in [0.25, 0.3) is 0 Å². The molecule has 4 nitrogen and oxygen atoms in total. The first-order chi connectivity index (χ1) is 34.2. The van der Waals surface area contributed by atoms with Crippen molar-refractivity contribution in [2.24, 2.45) is 16.8 Å². The van der Waals surface area contributed by atoms with Gasteiger partial charge in [0, 0.05) is 52.1 Å². The lowest BCUT2D eigenvalue weighted by Crippen LogP contribution is -2.38. The molecule has 4 heterocycles. The van der Waals surface area contributed by atoms with Crippen LogP contribution >= 0.6 is 0 Å². The third-order valence-electron chi connectivity index (χ3n) is 16.3. The Balaban J connectivity index is 0.875. The van der Waals surface area contributed by atoms with Crippen LogP contribution in [0.25, 0.3) is 5.57 Å². The number of hydrogen-bond acceptors (Lipinski definition) is 4. The van der Waals surface area contributed by atoms with Crippen molar-refractivity contribution in [3.05, 3.63) is 276 Å². The molecule has 4 aliphatic carbocycles.